The molecule has 1 N–H and O–H groups in total. The molecule has 0 bridgehead atoms. The van der Waals surface area contributed by atoms with E-state index in [0.717, 1.165) is 19.4 Å². The number of rotatable bonds is 5. The average Bonchev–Trinajstić information content (AvgIpc) is 2.30. The van der Waals surface area contributed by atoms with E-state index in [1.165, 1.54) is 12.1 Å². The van der Waals surface area contributed by atoms with Crippen molar-refractivity contribution in [3.8, 4) is 0 Å². The molecule has 5 heteroatoms. The first kappa shape index (κ1) is 14.7. The third-order valence-corrected chi connectivity index (χ3v) is 4.17. The number of nitrogens with one attached hydrogen (secondary N) is 1. The zero-order valence-electron chi connectivity index (χ0n) is 10.8. The van der Waals surface area contributed by atoms with Gasteiger partial charge in [0.05, 0.1) is 11.8 Å². The molecular formula is C14H17FINO2. The first-order valence-corrected chi connectivity index (χ1v) is 7.53. The summed E-state index contributed by atoms with van der Waals surface area (Å²) in [5.41, 5.74) is 0.674. The molecule has 0 saturated heterocycles. The predicted octanol–water partition coefficient (Wildman–Crippen LogP) is 3.57. The van der Waals surface area contributed by atoms with Crippen molar-refractivity contribution < 1.29 is 13.9 Å². The quantitative estimate of drug-likeness (QED) is 0.797. The first-order valence-electron chi connectivity index (χ1n) is 6.45. The molecule has 0 spiro atoms. The number of halogens is 2. The highest BCUT2D eigenvalue weighted by molar-refractivity contribution is 14.1. The van der Waals surface area contributed by atoms with Gasteiger partial charge in [0.25, 0.3) is 0 Å². The molecule has 0 unspecified atom stereocenters. The van der Waals surface area contributed by atoms with Gasteiger partial charge in [0, 0.05) is 16.6 Å². The highest BCUT2D eigenvalue weighted by Gasteiger charge is 2.31. The Morgan fingerprint density at radius 2 is 2.26 bits per heavy atom. The van der Waals surface area contributed by atoms with Crippen LogP contribution in [0.25, 0.3) is 0 Å². The summed E-state index contributed by atoms with van der Waals surface area (Å²) in [5.74, 6) is 0.111. The van der Waals surface area contributed by atoms with Crippen LogP contribution >= 0.6 is 22.6 Å². The highest BCUT2D eigenvalue weighted by atomic mass is 127. The number of carbonyl (C=O) groups excluding carboxylic acids is 1. The molecular weight excluding hydrogens is 360 g/mol. The van der Waals surface area contributed by atoms with E-state index in [4.69, 9.17) is 4.74 Å². The van der Waals surface area contributed by atoms with E-state index >= 15 is 0 Å². The average molecular weight is 377 g/mol. The molecule has 1 fully saturated rings. The lowest BCUT2D eigenvalue weighted by atomic mass is 9.80. The van der Waals surface area contributed by atoms with Crippen LogP contribution in [0.15, 0.2) is 18.2 Å². The Bertz CT molecular complexity index is 461. The van der Waals surface area contributed by atoms with Crippen molar-refractivity contribution in [2.45, 2.75) is 32.3 Å². The van der Waals surface area contributed by atoms with Crippen molar-refractivity contribution >= 4 is 34.2 Å². The minimum atomic E-state index is -0.291. The third-order valence-electron chi connectivity index (χ3n) is 3.27. The molecule has 1 aliphatic rings. The number of carbonyl (C=O) groups is 1. The summed E-state index contributed by atoms with van der Waals surface area (Å²) in [7, 11) is 0. The molecule has 0 aliphatic heterocycles. The maximum atomic E-state index is 12.9. The standard InChI is InChI=1S/C14H17FINO2/c1-2-19-11-5-9(6-11)7-14(18)17-13-4-3-10(15)8-12(13)16/h3-4,8-9,11H,2,5-7H2,1H3,(H,17,18). The molecule has 0 heterocycles. The number of benzene rings is 1. The molecule has 1 aromatic carbocycles. The van der Waals surface area contributed by atoms with Crippen molar-refractivity contribution in [1.82, 2.24) is 0 Å². The van der Waals surface area contributed by atoms with Crippen LogP contribution < -0.4 is 5.32 Å². The fourth-order valence-electron chi connectivity index (χ4n) is 2.27. The van der Waals surface area contributed by atoms with Crippen LogP contribution in [0.1, 0.15) is 26.2 Å². The van der Waals surface area contributed by atoms with Gasteiger partial charge >= 0.3 is 0 Å². The number of hydrogen-bond donors (Lipinski definition) is 1. The molecule has 0 aromatic heterocycles. The van der Waals surface area contributed by atoms with Crippen LogP contribution in [0.2, 0.25) is 0 Å². The predicted molar refractivity (Wildman–Crippen MR) is 80.5 cm³/mol. The van der Waals surface area contributed by atoms with Crippen LogP contribution in [-0.4, -0.2) is 18.6 Å². The minimum absolute atomic E-state index is 0.00975. The Morgan fingerprint density at radius 3 is 2.89 bits per heavy atom. The Balaban J connectivity index is 1.79. The first-order chi connectivity index (χ1) is 9.08. The number of hydrogen-bond acceptors (Lipinski definition) is 2. The van der Waals surface area contributed by atoms with E-state index in [1.807, 2.05) is 29.5 Å². The number of anilines is 1. The van der Waals surface area contributed by atoms with Gasteiger partial charge in [-0.15, -0.1) is 0 Å². The van der Waals surface area contributed by atoms with Gasteiger partial charge in [0.1, 0.15) is 5.82 Å². The summed E-state index contributed by atoms with van der Waals surface area (Å²) in [4.78, 5) is 11.9. The van der Waals surface area contributed by atoms with Crippen molar-refractivity contribution in [2.75, 3.05) is 11.9 Å². The van der Waals surface area contributed by atoms with Crippen molar-refractivity contribution in [1.29, 1.82) is 0 Å². The largest absolute Gasteiger partial charge is 0.378 e. The van der Waals surface area contributed by atoms with Gasteiger partial charge in [-0.05, 0) is 66.5 Å². The van der Waals surface area contributed by atoms with Crippen LogP contribution in [0, 0.1) is 15.3 Å². The fraction of sp³-hybridized carbons (Fsp3) is 0.500. The van der Waals surface area contributed by atoms with Gasteiger partial charge in [-0.2, -0.15) is 0 Å². The highest BCUT2D eigenvalue weighted by Crippen LogP contribution is 2.33. The Labute approximate surface area is 126 Å². The summed E-state index contributed by atoms with van der Waals surface area (Å²) in [5, 5.41) is 2.83. The van der Waals surface area contributed by atoms with Crippen LogP contribution in [-0.2, 0) is 9.53 Å². The van der Waals surface area contributed by atoms with Gasteiger partial charge in [-0.3, -0.25) is 4.79 Å². The second-order valence-corrected chi connectivity index (χ2v) is 5.95. The summed E-state index contributed by atoms with van der Waals surface area (Å²) in [6.07, 6.45) is 2.76. The van der Waals surface area contributed by atoms with Gasteiger partial charge in [-0.25, -0.2) is 4.39 Å². The smallest absolute Gasteiger partial charge is 0.224 e. The van der Waals surface area contributed by atoms with E-state index < -0.39 is 0 Å². The van der Waals surface area contributed by atoms with Crippen LogP contribution in [0.4, 0.5) is 10.1 Å². The lowest BCUT2D eigenvalue weighted by molar-refractivity contribution is -0.119. The fourth-order valence-corrected chi connectivity index (χ4v) is 2.88. The van der Waals surface area contributed by atoms with Gasteiger partial charge < -0.3 is 10.1 Å². The third kappa shape index (κ3) is 4.14. The van der Waals surface area contributed by atoms with E-state index in [1.54, 1.807) is 6.07 Å². The molecule has 1 aromatic rings. The Morgan fingerprint density at radius 1 is 1.53 bits per heavy atom. The molecule has 3 nitrogen and oxygen atoms in total. The minimum Gasteiger partial charge on any atom is -0.378 e. The lowest BCUT2D eigenvalue weighted by Crippen LogP contribution is -2.33. The number of amides is 1. The van der Waals surface area contributed by atoms with E-state index in [2.05, 4.69) is 5.32 Å². The molecule has 104 valence electrons. The van der Waals surface area contributed by atoms with Crippen molar-refractivity contribution in [2.24, 2.45) is 5.92 Å². The van der Waals surface area contributed by atoms with Crippen LogP contribution in [0.5, 0.6) is 0 Å². The normalized spacial score (nSPS) is 21.8. The maximum absolute atomic E-state index is 12.9. The molecule has 0 atom stereocenters. The van der Waals surface area contributed by atoms with E-state index in [-0.39, 0.29) is 11.7 Å². The van der Waals surface area contributed by atoms with Crippen molar-refractivity contribution in [3.05, 3.63) is 27.6 Å². The zero-order valence-corrected chi connectivity index (χ0v) is 12.9. The summed E-state index contributed by atoms with van der Waals surface area (Å²) < 4.78 is 19.1. The topological polar surface area (TPSA) is 38.3 Å². The van der Waals surface area contributed by atoms with Gasteiger partial charge in [0.15, 0.2) is 0 Å². The maximum Gasteiger partial charge on any atom is 0.224 e. The monoisotopic (exact) mass is 377 g/mol. The lowest BCUT2D eigenvalue weighted by Gasteiger charge is -2.34. The zero-order chi connectivity index (χ0) is 13.8. The second-order valence-electron chi connectivity index (χ2n) is 4.79. The van der Waals surface area contributed by atoms with Crippen molar-refractivity contribution in [3.63, 3.8) is 0 Å². The summed E-state index contributed by atoms with van der Waals surface area (Å²) in [6.45, 7) is 2.72. The Hall–Kier alpha value is -0.690. The SMILES string of the molecule is CCOC1CC(CC(=O)Nc2ccc(F)cc2I)C1. The van der Waals surface area contributed by atoms with Crippen LogP contribution in [0.3, 0.4) is 0 Å². The Kier molecular flexibility index (Phi) is 5.15. The summed E-state index contributed by atoms with van der Waals surface area (Å²) >= 11 is 2.02. The number of ether oxygens (including phenoxy) is 1. The summed E-state index contributed by atoms with van der Waals surface area (Å²) in [6, 6.07) is 4.36. The second kappa shape index (κ2) is 6.65. The molecule has 19 heavy (non-hydrogen) atoms. The molecule has 0 radical (unpaired) electrons. The van der Waals surface area contributed by atoms with E-state index in [0.29, 0.717) is 27.7 Å². The molecule has 1 aliphatic carbocycles. The molecule has 1 amide bonds. The van der Waals surface area contributed by atoms with Gasteiger partial charge in [-0.1, -0.05) is 0 Å². The van der Waals surface area contributed by atoms with Gasteiger partial charge in [0.2, 0.25) is 5.91 Å². The molecule has 1 saturated carbocycles. The molecule has 2 rings (SSSR count). The van der Waals surface area contributed by atoms with E-state index in [9.17, 15) is 9.18 Å².